The van der Waals surface area contributed by atoms with E-state index >= 15 is 0 Å². The van der Waals surface area contributed by atoms with Gasteiger partial charge in [-0.25, -0.2) is 4.79 Å². The van der Waals surface area contributed by atoms with Crippen molar-refractivity contribution in [3.05, 3.63) is 31.4 Å². The van der Waals surface area contributed by atoms with E-state index < -0.39 is 11.7 Å². The quantitative estimate of drug-likeness (QED) is 0.381. The molecular weight excluding hydrogens is 461 g/mol. The van der Waals surface area contributed by atoms with E-state index in [9.17, 15) is 4.79 Å². The molecule has 0 bridgehead atoms. The predicted molar refractivity (Wildman–Crippen MR) is 117 cm³/mol. The Morgan fingerprint density at radius 2 is 1.73 bits per heavy atom. The van der Waals surface area contributed by atoms with E-state index in [0.29, 0.717) is 6.61 Å². The van der Waals surface area contributed by atoms with Crippen molar-refractivity contribution >= 4 is 41.4 Å². The number of carbonyl (C=O) groups is 1. The number of rotatable bonds is 4. The molecule has 0 unspecified atom stereocenters. The van der Waals surface area contributed by atoms with Gasteiger partial charge < -0.3 is 9.47 Å². The fourth-order valence-corrected chi connectivity index (χ4v) is 4.71. The van der Waals surface area contributed by atoms with Crippen molar-refractivity contribution in [1.82, 2.24) is 4.31 Å². The highest BCUT2D eigenvalue weighted by molar-refractivity contribution is 14.1. The number of halogens is 1. The molecule has 1 atom stereocenters. The molecule has 0 fully saturated rings. The van der Waals surface area contributed by atoms with Gasteiger partial charge in [-0.2, -0.15) is 0 Å². The number of hydrogen-bond donors (Lipinski definition) is 1. The van der Waals surface area contributed by atoms with Crippen molar-refractivity contribution in [2.24, 2.45) is 0 Å². The molecule has 0 aliphatic carbocycles. The summed E-state index contributed by atoms with van der Waals surface area (Å²) in [6.07, 6.45) is 1.20. The minimum Gasteiger partial charge on any atom is -0.464 e. The summed E-state index contributed by atoms with van der Waals surface area (Å²) in [7, 11) is 0. The van der Waals surface area contributed by atoms with Gasteiger partial charge in [-0.1, -0.05) is 12.8 Å². The van der Waals surface area contributed by atoms with Crippen LogP contribution >= 0.6 is 35.4 Å². The molecule has 1 aliphatic heterocycles. The molecule has 0 amide bonds. The Morgan fingerprint density at radius 3 is 2.23 bits per heavy atom. The lowest BCUT2D eigenvalue weighted by atomic mass is 9.88. The van der Waals surface area contributed by atoms with E-state index in [1.54, 1.807) is 0 Å². The third-order valence-electron chi connectivity index (χ3n) is 4.71. The van der Waals surface area contributed by atoms with Gasteiger partial charge in [0.15, 0.2) is 6.10 Å². The first-order valence-electron chi connectivity index (χ1n) is 9.15. The molecule has 0 aromatic heterocycles. The van der Waals surface area contributed by atoms with Crippen molar-refractivity contribution in [2.45, 2.75) is 66.1 Å². The first-order chi connectivity index (χ1) is 12.1. The number of thiol groups is 1. The third-order valence-corrected chi connectivity index (χ3v) is 6.50. The van der Waals surface area contributed by atoms with Gasteiger partial charge >= 0.3 is 5.97 Å². The molecule has 2 rings (SSSR count). The maximum absolute atomic E-state index is 12.8. The van der Waals surface area contributed by atoms with Crippen LogP contribution in [-0.2, 0) is 27.1 Å². The Bertz CT molecular complexity index is 685. The highest BCUT2D eigenvalue weighted by atomic mass is 127. The third kappa shape index (κ3) is 4.94. The summed E-state index contributed by atoms with van der Waals surface area (Å²) >= 11 is 6.91. The molecule has 1 aromatic rings. The number of benzene rings is 1. The zero-order valence-electron chi connectivity index (χ0n) is 16.6. The second-order valence-corrected chi connectivity index (χ2v) is 9.40. The molecule has 1 heterocycles. The number of fused-ring (bicyclic) bond motifs is 1. The van der Waals surface area contributed by atoms with Gasteiger partial charge in [0.05, 0.1) is 12.2 Å². The van der Waals surface area contributed by atoms with Crippen LogP contribution in [0.15, 0.2) is 0 Å². The van der Waals surface area contributed by atoms with Gasteiger partial charge in [0.2, 0.25) is 0 Å². The molecule has 26 heavy (non-hydrogen) atoms. The zero-order chi connectivity index (χ0) is 19.6. The molecule has 0 saturated carbocycles. The predicted octanol–water partition coefficient (Wildman–Crippen LogP) is 4.57. The Labute approximate surface area is 176 Å². The van der Waals surface area contributed by atoms with Crippen molar-refractivity contribution in [3.8, 4) is 0 Å². The lowest BCUT2D eigenvalue weighted by molar-refractivity contribution is -0.167. The van der Waals surface area contributed by atoms with Crippen LogP contribution in [0.25, 0.3) is 0 Å². The van der Waals surface area contributed by atoms with E-state index in [1.165, 1.54) is 16.7 Å². The molecule has 0 N–H and O–H groups in total. The van der Waals surface area contributed by atoms with Gasteiger partial charge in [0.25, 0.3) is 0 Å². The van der Waals surface area contributed by atoms with Crippen LogP contribution in [0.2, 0.25) is 0 Å². The Balaban J connectivity index is 2.62. The van der Waals surface area contributed by atoms with Crippen molar-refractivity contribution in [1.29, 1.82) is 0 Å². The fraction of sp³-hybridized carbons (Fsp3) is 0.650. The van der Waals surface area contributed by atoms with Crippen LogP contribution in [0, 0.1) is 17.4 Å². The molecule has 146 valence electrons. The first kappa shape index (κ1) is 22.0. The van der Waals surface area contributed by atoms with Crippen molar-refractivity contribution in [2.75, 3.05) is 19.7 Å². The van der Waals surface area contributed by atoms with Crippen LogP contribution in [-0.4, -0.2) is 35.6 Å². The van der Waals surface area contributed by atoms with Crippen molar-refractivity contribution in [3.63, 3.8) is 0 Å². The number of ether oxygens (including phenoxy) is 2. The molecule has 0 spiro atoms. The summed E-state index contributed by atoms with van der Waals surface area (Å²) in [6.45, 7) is 14.2. The van der Waals surface area contributed by atoms with Crippen LogP contribution in [0.5, 0.6) is 0 Å². The molecular formula is C20H30INO3S. The summed E-state index contributed by atoms with van der Waals surface area (Å²) in [6, 6.07) is 0. The smallest absolute Gasteiger partial charge is 0.340 e. The fourth-order valence-electron chi connectivity index (χ4n) is 3.49. The average Bonchev–Trinajstić information content (AvgIpc) is 2.73. The standard InChI is InChI=1S/C20H30INO3S/c1-7-24-19(23)18(25-20(4,5)6)16-12(2)14-8-10-22(26)11-9-15(14)13(3)17(16)21/h18,26H,7-11H2,1-6H3/t18-/m0/s1. The lowest BCUT2D eigenvalue weighted by Crippen LogP contribution is -2.30. The summed E-state index contributed by atoms with van der Waals surface area (Å²) in [5.74, 6) is -0.313. The van der Waals surface area contributed by atoms with E-state index in [-0.39, 0.29) is 5.97 Å². The zero-order valence-corrected chi connectivity index (χ0v) is 19.7. The second-order valence-electron chi connectivity index (χ2n) is 7.75. The van der Waals surface area contributed by atoms with Gasteiger partial charge in [-0.05, 0) is 99.2 Å². The molecule has 0 saturated heterocycles. The summed E-state index contributed by atoms with van der Waals surface area (Å²) in [5.41, 5.74) is 5.64. The number of esters is 1. The highest BCUT2D eigenvalue weighted by Crippen LogP contribution is 2.38. The van der Waals surface area contributed by atoms with E-state index in [2.05, 4.69) is 53.6 Å². The second kappa shape index (κ2) is 8.80. The van der Waals surface area contributed by atoms with Crippen molar-refractivity contribution < 1.29 is 14.3 Å². The van der Waals surface area contributed by atoms with Crippen LogP contribution in [0.3, 0.4) is 0 Å². The average molecular weight is 491 g/mol. The van der Waals surface area contributed by atoms with E-state index in [1.807, 2.05) is 27.7 Å². The lowest BCUT2D eigenvalue weighted by Gasteiger charge is -2.30. The number of nitrogens with zero attached hydrogens (tertiary/aromatic N) is 1. The van der Waals surface area contributed by atoms with E-state index in [0.717, 1.165) is 40.6 Å². The number of hydrogen-bond acceptors (Lipinski definition) is 5. The van der Waals surface area contributed by atoms with Gasteiger partial charge in [-0.15, -0.1) is 0 Å². The molecule has 4 nitrogen and oxygen atoms in total. The summed E-state index contributed by atoms with van der Waals surface area (Å²) in [5, 5.41) is 0. The Morgan fingerprint density at radius 1 is 1.19 bits per heavy atom. The molecule has 1 aliphatic rings. The van der Waals surface area contributed by atoms with Gasteiger partial charge in [-0.3, -0.25) is 4.31 Å². The largest absolute Gasteiger partial charge is 0.464 e. The number of carbonyl (C=O) groups excluding carboxylic acids is 1. The maximum Gasteiger partial charge on any atom is 0.340 e. The molecule has 1 aromatic carbocycles. The molecule has 6 heteroatoms. The topological polar surface area (TPSA) is 38.8 Å². The van der Waals surface area contributed by atoms with Crippen LogP contribution in [0.1, 0.15) is 61.6 Å². The van der Waals surface area contributed by atoms with Crippen LogP contribution in [0.4, 0.5) is 0 Å². The SMILES string of the molecule is CCOC(=O)[C@@H](OC(C)(C)C)c1c(C)c2c(c(C)c1I)CCN(S)CC2. The first-order valence-corrected chi connectivity index (χ1v) is 10.6. The maximum atomic E-state index is 12.8. The van der Waals surface area contributed by atoms with Gasteiger partial charge in [0.1, 0.15) is 0 Å². The Hall–Kier alpha value is -0.310. The summed E-state index contributed by atoms with van der Waals surface area (Å²) < 4.78 is 14.7. The van der Waals surface area contributed by atoms with Crippen LogP contribution < -0.4 is 0 Å². The normalized spacial score (nSPS) is 16.8. The molecule has 0 radical (unpaired) electrons. The highest BCUT2D eigenvalue weighted by Gasteiger charge is 2.34. The summed E-state index contributed by atoms with van der Waals surface area (Å²) in [4.78, 5) is 12.8. The van der Waals surface area contributed by atoms with Gasteiger partial charge in [0, 0.05) is 22.2 Å². The van der Waals surface area contributed by atoms with E-state index in [4.69, 9.17) is 9.47 Å². The minimum atomic E-state index is -0.707. The minimum absolute atomic E-state index is 0.313. The Kier molecular flexibility index (Phi) is 7.44. The monoisotopic (exact) mass is 491 g/mol.